The number of pyridine rings is 1. The van der Waals surface area contributed by atoms with Gasteiger partial charge in [-0.1, -0.05) is 6.07 Å². The molecule has 0 saturated carbocycles. The summed E-state index contributed by atoms with van der Waals surface area (Å²) in [5, 5.41) is 16.4. The Morgan fingerprint density at radius 3 is 2.21 bits per heavy atom. The summed E-state index contributed by atoms with van der Waals surface area (Å²) in [6, 6.07) is 8.13. The first kappa shape index (κ1) is 30.6. The summed E-state index contributed by atoms with van der Waals surface area (Å²) < 4.78 is 71.6. The summed E-state index contributed by atoms with van der Waals surface area (Å²) in [4.78, 5) is 30.4. The van der Waals surface area contributed by atoms with E-state index in [0.29, 0.717) is 6.61 Å². The maximum Gasteiger partial charge on any atom is 0.490 e. The van der Waals surface area contributed by atoms with Gasteiger partial charge in [0.15, 0.2) is 0 Å². The first-order chi connectivity index (χ1) is 17.8. The predicted octanol–water partition coefficient (Wildman–Crippen LogP) is 4.59. The van der Waals surface area contributed by atoms with Crippen molar-refractivity contribution in [1.29, 1.82) is 0 Å². The number of aromatic nitrogens is 3. The molecule has 0 atom stereocenters. The Hall–Kier alpha value is -3.66. The Bertz CT molecular complexity index is 1130. The Balaban J connectivity index is 0.000000301. The summed E-state index contributed by atoms with van der Waals surface area (Å²) in [7, 11) is 0. The van der Waals surface area contributed by atoms with E-state index in [4.69, 9.17) is 24.5 Å². The second-order valence-electron chi connectivity index (χ2n) is 7.56. The fourth-order valence-electron chi connectivity index (χ4n) is 3.04. The Morgan fingerprint density at radius 2 is 1.68 bits per heavy atom. The third-order valence-electron chi connectivity index (χ3n) is 4.73. The molecule has 0 aromatic carbocycles. The number of hydrogen-bond donors (Lipinski definition) is 2. The van der Waals surface area contributed by atoms with Crippen LogP contribution in [0.4, 0.5) is 26.3 Å². The van der Waals surface area contributed by atoms with E-state index in [1.165, 1.54) is 10.6 Å². The van der Waals surface area contributed by atoms with Crippen LogP contribution in [0.25, 0.3) is 0 Å². The van der Waals surface area contributed by atoms with Crippen LogP contribution in [-0.2, 0) is 35.8 Å². The van der Waals surface area contributed by atoms with Gasteiger partial charge in [-0.05, 0) is 30.0 Å². The highest BCUT2D eigenvalue weighted by Gasteiger charge is 2.38. The molecule has 9 nitrogen and oxygen atoms in total. The third kappa shape index (κ3) is 10.4. The van der Waals surface area contributed by atoms with Gasteiger partial charge in [0.2, 0.25) is 0 Å². The largest absolute Gasteiger partial charge is 0.490 e. The average molecular weight is 568 g/mol. The van der Waals surface area contributed by atoms with Crippen molar-refractivity contribution in [2.45, 2.75) is 45.0 Å². The van der Waals surface area contributed by atoms with E-state index < -0.39 is 24.3 Å². The van der Waals surface area contributed by atoms with Gasteiger partial charge in [-0.2, -0.15) is 26.3 Å². The molecule has 4 heterocycles. The molecule has 0 bridgehead atoms. The number of alkyl halides is 6. The zero-order chi connectivity index (χ0) is 28.3. The van der Waals surface area contributed by atoms with E-state index in [2.05, 4.69) is 36.9 Å². The number of imidazole rings is 1. The van der Waals surface area contributed by atoms with E-state index in [1.54, 1.807) is 12.4 Å². The monoisotopic (exact) mass is 568 g/mol. The van der Waals surface area contributed by atoms with E-state index in [1.807, 2.05) is 29.8 Å². The van der Waals surface area contributed by atoms with Gasteiger partial charge in [0, 0.05) is 37.3 Å². The van der Waals surface area contributed by atoms with Crippen molar-refractivity contribution >= 4 is 23.3 Å². The van der Waals surface area contributed by atoms with Gasteiger partial charge in [0.25, 0.3) is 0 Å². The summed E-state index contributed by atoms with van der Waals surface area (Å²) >= 11 is 1.82. The van der Waals surface area contributed by atoms with Crippen molar-refractivity contribution in [3.63, 3.8) is 0 Å². The summed E-state index contributed by atoms with van der Waals surface area (Å²) in [5.74, 6) is -4.73. The van der Waals surface area contributed by atoms with Crippen LogP contribution >= 0.6 is 11.3 Å². The molecule has 1 aliphatic heterocycles. The fourth-order valence-corrected chi connectivity index (χ4v) is 3.79. The van der Waals surface area contributed by atoms with Gasteiger partial charge in [-0.3, -0.25) is 9.88 Å². The number of nitrogens with zero attached hydrogens (tertiary/aromatic N) is 4. The lowest BCUT2D eigenvalue weighted by Crippen LogP contribution is -2.23. The maximum atomic E-state index is 10.6. The van der Waals surface area contributed by atoms with E-state index in [-0.39, 0.29) is 0 Å². The van der Waals surface area contributed by atoms with Gasteiger partial charge >= 0.3 is 24.3 Å². The number of aryl methyl sites for hydroxylation is 1. The SMILES string of the molecule is O=C(O)C(F)(F)F.O=C(O)C(F)(F)F.c1cncc(OCc2ncn3c2CN(Cc2cccs2)CCC3)c1. The Labute approximate surface area is 215 Å². The van der Waals surface area contributed by atoms with Crippen molar-refractivity contribution in [1.82, 2.24) is 19.4 Å². The third-order valence-corrected chi connectivity index (χ3v) is 5.60. The molecule has 38 heavy (non-hydrogen) atoms. The van der Waals surface area contributed by atoms with Crippen LogP contribution in [0.2, 0.25) is 0 Å². The topological polar surface area (TPSA) is 118 Å². The minimum atomic E-state index is -5.08. The number of ether oxygens (including phenoxy) is 1. The van der Waals surface area contributed by atoms with Gasteiger partial charge in [-0.25, -0.2) is 14.6 Å². The minimum Gasteiger partial charge on any atom is -0.486 e. The van der Waals surface area contributed by atoms with E-state index in [0.717, 1.165) is 44.0 Å². The number of thiophene rings is 1. The zero-order valence-electron chi connectivity index (χ0n) is 19.4. The first-order valence-electron chi connectivity index (χ1n) is 10.7. The molecule has 3 aromatic rings. The maximum absolute atomic E-state index is 10.6. The molecule has 208 valence electrons. The fraction of sp³-hybridized carbons (Fsp3) is 0.364. The van der Waals surface area contributed by atoms with E-state index >= 15 is 0 Å². The van der Waals surface area contributed by atoms with E-state index in [9.17, 15) is 26.3 Å². The number of carboxylic acid groups (broad SMARTS) is 2. The number of fused-ring (bicyclic) bond motifs is 1. The van der Waals surface area contributed by atoms with Gasteiger partial charge in [0.05, 0.1) is 18.2 Å². The highest BCUT2D eigenvalue weighted by molar-refractivity contribution is 7.09. The molecule has 1 aliphatic rings. The molecule has 0 radical (unpaired) electrons. The van der Waals surface area contributed by atoms with Crippen molar-refractivity contribution in [2.24, 2.45) is 0 Å². The van der Waals surface area contributed by atoms with Gasteiger partial charge in [0.1, 0.15) is 18.1 Å². The highest BCUT2D eigenvalue weighted by Crippen LogP contribution is 2.21. The molecule has 16 heteroatoms. The summed E-state index contributed by atoms with van der Waals surface area (Å²) in [5.41, 5.74) is 2.30. The lowest BCUT2D eigenvalue weighted by molar-refractivity contribution is -0.193. The van der Waals surface area contributed by atoms with Crippen LogP contribution < -0.4 is 4.74 Å². The molecule has 0 unspecified atom stereocenters. The van der Waals surface area contributed by atoms with Crippen molar-refractivity contribution in [3.8, 4) is 5.75 Å². The standard InChI is InChI=1S/C18H20N4OS.2C2HF3O2/c1-4-15(10-19-6-1)23-13-17-18-12-21(11-16-5-2-9-24-16)7-3-8-22(18)14-20-17;2*3-2(4,5)1(6)7/h1-2,4-6,9-10,14H,3,7-8,11-13H2;2*(H,6,7). The lowest BCUT2D eigenvalue weighted by atomic mass is 10.3. The molecule has 0 spiro atoms. The molecule has 4 rings (SSSR count). The van der Waals surface area contributed by atoms with Gasteiger partial charge < -0.3 is 19.5 Å². The minimum absolute atomic E-state index is 0.487. The second-order valence-corrected chi connectivity index (χ2v) is 8.59. The average Bonchev–Trinajstić information content (AvgIpc) is 3.43. The van der Waals surface area contributed by atoms with Crippen molar-refractivity contribution < 1.29 is 50.9 Å². The Kier molecular flexibility index (Phi) is 11.1. The summed E-state index contributed by atoms with van der Waals surface area (Å²) in [6.07, 6.45) is -3.58. The zero-order valence-corrected chi connectivity index (χ0v) is 20.3. The summed E-state index contributed by atoms with van der Waals surface area (Å²) in [6.45, 7) is 4.55. The number of rotatable bonds is 5. The smallest absolute Gasteiger partial charge is 0.486 e. The van der Waals surface area contributed by atoms with Crippen LogP contribution in [0.3, 0.4) is 0 Å². The number of halogens is 6. The second kappa shape index (κ2) is 13.8. The molecule has 0 fully saturated rings. The predicted molar refractivity (Wildman–Crippen MR) is 121 cm³/mol. The van der Waals surface area contributed by atoms with Crippen molar-refractivity contribution in [2.75, 3.05) is 6.54 Å². The first-order valence-corrected chi connectivity index (χ1v) is 11.6. The van der Waals surface area contributed by atoms with Crippen LogP contribution in [0.5, 0.6) is 5.75 Å². The molecule has 3 aromatic heterocycles. The lowest BCUT2D eigenvalue weighted by Gasteiger charge is -2.19. The van der Waals surface area contributed by atoms with Crippen LogP contribution in [0.1, 0.15) is 22.7 Å². The number of aliphatic carboxylic acids is 2. The molecular formula is C22H22F6N4O5S. The van der Waals surface area contributed by atoms with Crippen LogP contribution in [0, 0.1) is 0 Å². The quantitative estimate of drug-likeness (QED) is 0.430. The molecular weight excluding hydrogens is 546 g/mol. The highest BCUT2D eigenvalue weighted by atomic mass is 32.1. The van der Waals surface area contributed by atoms with Crippen LogP contribution in [-0.4, -0.2) is 60.5 Å². The molecule has 0 saturated heterocycles. The number of carboxylic acids is 2. The van der Waals surface area contributed by atoms with Crippen molar-refractivity contribution in [3.05, 3.63) is 64.6 Å². The number of hydrogen-bond acceptors (Lipinski definition) is 7. The van der Waals surface area contributed by atoms with Gasteiger partial charge in [-0.15, -0.1) is 11.3 Å². The normalized spacial score (nSPS) is 13.6. The number of carbonyl (C=O) groups is 2. The van der Waals surface area contributed by atoms with Crippen LogP contribution in [0.15, 0.2) is 48.4 Å². The Morgan fingerprint density at radius 1 is 1.03 bits per heavy atom. The molecule has 2 N–H and O–H groups in total. The molecule has 0 aliphatic carbocycles. The molecule has 0 amide bonds.